The van der Waals surface area contributed by atoms with Crippen LogP contribution >= 0.6 is 0 Å². The van der Waals surface area contributed by atoms with Gasteiger partial charge in [-0.3, -0.25) is 4.90 Å². The summed E-state index contributed by atoms with van der Waals surface area (Å²) in [4.78, 5) is 2.59. The molecule has 23 heavy (non-hydrogen) atoms. The Bertz CT molecular complexity index is 509. The lowest BCUT2D eigenvalue weighted by Crippen LogP contribution is -2.32. The van der Waals surface area contributed by atoms with Gasteiger partial charge in [-0.2, -0.15) is 0 Å². The molecule has 0 unspecified atom stereocenters. The van der Waals surface area contributed by atoms with E-state index in [1.165, 1.54) is 37.9 Å². The molecule has 128 valence electrons. The van der Waals surface area contributed by atoms with Crippen LogP contribution in [0.5, 0.6) is 0 Å². The molecule has 4 rings (SSSR count). The Morgan fingerprint density at radius 3 is 2.78 bits per heavy atom. The van der Waals surface area contributed by atoms with Crippen molar-refractivity contribution in [2.24, 2.45) is 11.8 Å². The predicted octanol–water partition coefficient (Wildman–Crippen LogP) is 1.84. The molecule has 0 bridgehead atoms. The summed E-state index contributed by atoms with van der Waals surface area (Å²) >= 11 is 0. The highest BCUT2D eigenvalue weighted by Gasteiger charge is 2.25. The molecule has 0 aromatic carbocycles. The number of aryl methyl sites for hydroxylation is 1. The molecule has 1 saturated heterocycles. The second-order valence-corrected chi connectivity index (χ2v) is 7.31. The largest absolute Gasteiger partial charge is 0.381 e. The number of ether oxygens (including phenoxy) is 2. The van der Waals surface area contributed by atoms with Gasteiger partial charge in [0.2, 0.25) is 0 Å². The first-order chi connectivity index (χ1) is 11.4. The first-order valence-corrected chi connectivity index (χ1v) is 9.17. The van der Waals surface area contributed by atoms with Crippen molar-refractivity contribution in [2.75, 3.05) is 32.9 Å². The van der Waals surface area contributed by atoms with Gasteiger partial charge in [0.15, 0.2) is 0 Å². The topological polar surface area (TPSA) is 52.4 Å². The maximum Gasteiger partial charge on any atom is 0.113 e. The van der Waals surface area contributed by atoms with Crippen molar-refractivity contribution in [3.8, 4) is 0 Å². The molecule has 2 fully saturated rings. The lowest BCUT2D eigenvalue weighted by atomic mass is 9.99. The van der Waals surface area contributed by atoms with E-state index in [1.54, 1.807) is 0 Å². The normalized spacial score (nSPS) is 23.7. The van der Waals surface area contributed by atoms with Gasteiger partial charge in [-0.1, -0.05) is 5.21 Å². The van der Waals surface area contributed by atoms with Gasteiger partial charge >= 0.3 is 0 Å². The SMILES string of the molecule is C1CN(CC2CCOCC2)Cc2c(COCC3CC3)nnn2C1. The van der Waals surface area contributed by atoms with Crippen molar-refractivity contribution < 1.29 is 9.47 Å². The van der Waals surface area contributed by atoms with Crippen LogP contribution in [0, 0.1) is 11.8 Å². The van der Waals surface area contributed by atoms with E-state index < -0.39 is 0 Å². The van der Waals surface area contributed by atoms with Crippen LogP contribution in [0.15, 0.2) is 0 Å². The Hall–Kier alpha value is -0.980. The van der Waals surface area contributed by atoms with Gasteiger partial charge in [-0.15, -0.1) is 5.10 Å². The molecule has 1 aromatic heterocycles. The minimum atomic E-state index is 0.622. The number of fused-ring (bicyclic) bond motifs is 1. The lowest BCUT2D eigenvalue weighted by molar-refractivity contribution is 0.0514. The van der Waals surface area contributed by atoms with E-state index in [4.69, 9.17) is 9.47 Å². The molecule has 6 heteroatoms. The van der Waals surface area contributed by atoms with Gasteiger partial charge in [0.25, 0.3) is 0 Å². The highest BCUT2D eigenvalue weighted by molar-refractivity contribution is 5.10. The summed E-state index contributed by atoms with van der Waals surface area (Å²) in [7, 11) is 0. The second-order valence-electron chi connectivity index (χ2n) is 7.31. The number of aromatic nitrogens is 3. The molecule has 0 N–H and O–H groups in total. The van der Waals surface area contributed by atoms with E-state index in [0.717, 1.165) is 63.4 Å². The van der Waals surface area contributed by atoms with Crippen LogP contribution in [-0.2, 0) is 29.2 Å². The van der Waals surface area contributed by atoms with Crippen LogP contribution in [0.1, 0.15) is 43.5 Å². The third kappa shape index (κ3) is 4.11. The van der Waals surface area contributed by atoms with Gasteiger partial charge in [0, 0.05) is 46.0 Å². The molecule has 6 nitrogen and oxygen atoms in total. The Labute approximate surface area is 138 Å². The highest BCUT2D eigenvalue weighted by Crippen LogP contribution is 2.29. The van der Waals surface area contributed by atoms with E-state index in [9.17, 15) is 0 Å². The number of rotatable bonds is 6. The van der Waals surface area contributed by atoms with Crippen molar-refractivity contribution >= 4 is 0 Å². The standard InChI is InChI=1S/C17H28N4O2/c1-6-20(10-14-4-8-22-9-5-14)11-17-16(18-19-21(17)7-1)13-23-12-15-2-3-15/h14-15H,1-13H2. The summed E-state index contributed by atoms with van der Waals surface area (Å²) in [6.45, 7) is 7.65. The molecular formula is C17H28N4O2. The smallest absolute Gasteiger partial charge is 0.113 e. The molecule has 2 aliphatic heterocycles. The average molecular weight is 320 g/mol. The van der Waals surface area contributed by atoms with Crippen LogP contribution in [0.25, 0.3) is 0 Å². The van der Waals surface area contributed by atoms with E-state index in [1.807, 2.05) is 0 Å². The molecule has 3 aliphatic rings. The van der Waals surface area contributed by atoms with Gasteiger partial charge in [-0.25, -0.2) is 4.68 Å². The van der Waals surface area contributed by atoms with Crippen LogP contribution < -0.4 is 0 Å². The zero-order valence-electron chi connectivity index (χ0n) is 14.0. The fourth-order valence-corrected chi connectivity index (χ4v) is 3.63. The predicted molar refractivity (Wildman–Crippen MR) is 85.8 cm³/mol. The average Bonchev–Trinajstić information content (AvgIpc) is 3.35. The minimum absolute atomic E-state index is 0.622. The fraction of sp³-hybridized carbons (Fsp3) is 0.882. The highest BCUT2D eigenvalue weighted by atomic mass is 16.5. The van der Waals surface area contributed by atoms with Crippen molar-refractivity contribution in [1.82, 2.24) is 19.9 Å². The summed E-state index contributed by atoms with van der Waals surface area (Å²) in [5.41, 5.74) is 2.31. The lowest BCUT2D eigenvalue weighted by Gasteiger charge is -2.28. The summed E-state index contributed by atoms with van der Waals surface area (Å²) in [6.07, 6.45) is 6.22. The van der Waals surface area contributed by atoms with E-state index in [0.29, 0.717) is 6.61 Å². The monoisotopic (exact) mass is 320 g/mol. The fourth-order valence-electron chi connectivity index (χ4n) is 3.63. The Morgan fingerprint density at radius 1 is 1.09 bits per heavy atom. The van der Waals surface area contributed by atoms with E-state index in [2.05, 4.69) is 19.9 Å². The Kier molecular flexibility index (Phi) is 4.92. The van der Waals surface area contributed by atoms with Gasteiger partial charge in [0.05, 0.1) is 12.3 Å². The van der Waals surface area contributed by atoms with Crippen molar-refractivity contribution in [3.63, 3.8) is 0 Å². The summed E-state index contributed by atoms with van der Waals surface area (Å²) in [5.74, 6) is 1.58. The third-order valence-electron chi connectivity index (χ3n) is 5.28. The Balaban J connectivity index is 1.36. The maximum atomic E-state index is 5.84. The summed E-state index contributed by atoms with van der Waals surface area (Å²) in [5, 5.41) is 8.73. The summed E-state index contributed by atoms with van der Waals surface area (Å²) < 4.78 is 13.4. The quantitative estimate of drug-likeness (QED) is 0.800. The van der Waals surface area contributed by atoms with Gasteiger partial charge in [0.1, 0.15) is 5.69 Å². The third-order valence-corrected chi connectivity index (χ3v) is 5.28. The Morgan fingerprint density at radius 2 is 1.96 bits per heavy atom. The zero-order valence-corrected chi connectivity index (χ0v) is 14.0. The first kappa shape index (κ1) is 15.5. The molecule has 3 heterocycles. The molecule has 0 spiro atoms. The van der Waals surface area contributed by atoms with Crippen LogP contribution in [-0.4, -0.2) is 52.8 Å². The van der Waals surface area contributed by atoms with Crippen LogP contribution in [0.3, 0.4) is 0 Å². The number of hydrogen-bond donors (Lipinski definition) is 0. The maximum absolute atomic E-state index is 5.84. The first-order valence-electron chi connectivity index (χ1n) is 9.17. The minimum Gasteiger partial charge on any atom is -0.381 e. The van der Waals surface area contributed by atoms with Crippen LogP contribution in [0.4, 0.5) is 0 Å². The molecule has 0 radical (unpaired) electrons. The molecule has 1 saturated carbocycles. The summed E-state index contributed by atoms with van der Waals surface area (Å²) in [6, 6.07) is 0. The molecule has 0 atom stereocenters. The van der Waals surface area contributed by atoms with Crippen molar-refractivity contribution in [2.45, 2.75) is 51.8 Å². The second kappa shape index (κ2) is 7.28. The van der Waals surface area contributed by atoms with Crippen LogP contribution in [0.2, 0.25) is 0 Å². The molecular weight excluding hydrogens is 292 g/mol. The number of nitrogens with zero attached hydrogens (tertiary/aromatic N) is 4. The molecule has 1 aliphatic carbocycles. The van der Waals surface area contributed by atoms with Crippen molar-refractivity contribution in [1.29, 1.82) is 0 Å². The van der Waals surface area contributed by atoms with Crippen molar-refractivity contribution in [3.05, 3.63) is 11.4 Å². The number of hydrogen-bond acceptors (Lipinski definition) is 5. The van der Waals surface area contributed by atoms with Gasteiger partial charge < -0.3 is 9.47 Å². The van der Waals surface area contributed by atoms with E-state index in [-0.39, 0.29) is 0 Å². The van der Waals surface area contributed by atoms with E-state index >= 15 is 0 Å². The molecule has 1 aromatic rings. The molecule has 0 amide bonds. The van der Waals surface area contributed by atoms with Gasteiger partial charge in [-0.05, 0) is 43.9 Å². The zero-order chi connectivity index (χ0) is 15.5.